The molecule has 5 nitrogen and oxygen atoms in total. The molecule has 0 saturated heterocycles. The number of nitrogens with two attached hydrogens (primary N) is 1. The summed E-state index contributed by atoms with van der Waals surface area (Å²) in [5.41, 5.74) is 5.22. The zero-order valence-corrected chi connectivity index (χ0v) is 11.5. The number of thioether (sulfide) groups is 1. The van der Waals surface area contributed by atoms with Crippen molar-refractivity contribution in [3.63, 3.8) is 0 Å². The van der Waals surface area contributed by atoms with Gasteiger partial charge in [0.15, 0.2) is 5.16 Å². The number of anilines is 1. The number of halogens is 1. The van der Waals surface area contributed by atoms with E-state index >= 15 is 0 Å². The number of H-pyrrole nitrogens is 1. The lowest BCUT2D eigenvalue weighted by Gasteiger charge is -2.07. The van der Waals surface area contributed by atoms with E-state index in [-0.39, 0.29) is 11.4 Å². The zero-order chi connectivity index (χ0) is 13.7. The van der Waals surface area contributed by atoms with Gasteiger partial charge >= 0.3 is 0 Å². The van der Waals surface area contributed by atoms with Crippen LogP contribution in [0.1, 0.15) is 0 Å². The van der Waals surface area contributed by atoms with E-state index in [9.17, 15) is 4.79 Å². The number of hydrogen-bond donors (Lipinski definition) is 2. The third-order valence-corrected chi connectivity index (χ3v) is 3.31. The number of aromatic amines is 1. The Labute approximate surface area is 119 Å². The van der Waals surface area contributed by atoms with E-state index in [2.05, 4.69) is 9.97 Å². The second kappa shape index (κ2) is 6.49. The first kappa shape index (κ1) is 13.8. The number of hydrogen-bond acceptors (Lipinski definition) is 5. The molecule has 0 aliphatic heterocycles. The molecule has 0 atom stereocenters. The fraction of sp³-hybridized carbons (Fsp3) is 0.167. The summed E-state index contributed by atoms with van der Waals surface area (Å²) in [6, 6.07) is 8.50. The molecule has 0 spiro atoms. The smallest absolute Gasteiger partial charge is 0.253 e. The lowest BCUT2D eigenvalue weighted by Crippen LogP contribution is -2.10. The van der Waals surface area contributed by atoms with Gasteiger partial charge in [-0.15, -0.1) is 0 Å². The predicted molar refractivity (Wildman–Crippen MR) is 76.9 cm³/mol. The van der Waals surface area contributed by atoms with E-state index in [1.165, 1.54) is 17.8 Å². The molecule has 0 aliphatic rings. The topological polar surface area (TPSA) is 81.0 Å². The summed E-state index contributed by atoms with van der Waals surface area (Å²) < 4.78 is 5.52. The number of rotatable bonds is 5. The summed E-state index contributed by atoms with van der Waals surface area (Å²) in [5, 5.41) is 1.05. The molecule has 19 heavy (non-hydrogen) atoms. The van der Waals surface area contributed by atoms with Gasteiger partial charge in [0.05, 0.1) is 11.6 Å². The highest BCUT2D eigenvalue weighted by molar-refractivity contribution is 7.99. The van der Waals surface area contributed by atoms with E-state index in [1.54, 1.807) is 12.1 Å². The fourth-order valence-electron chi connectivity index (χ4n) is 1.37. The number of nitrogens with one attached hydrogen (secondary N) is 1. The molecule has 0 unspecified atom stereocenters. The van der Waals surface area contributed by atoms with Crippen molar-refractivity contribution < 1.29 is 4.74 Å². The molecule has 7 heteroatoms. The average molecular weight is 298 g/mol. The molecule has 1 aromatic carbocycles. The van der Waals surface area contributed by atoms with Gasteiger partial charge in [-0.1, -0.05) is 35.5 Å². The molecule has 1 aromatic heterocycles. The Hall–Kier alpha value is -1.66. The van der Waals surface area contributed by atoms with Gasteiger partial charge in [0.2, 0.25) is 0 Å². The molecule has 0 radical (unpaired) electrons. The third kappa shape index (κ3) is 4.18. The van der Waals surface area contributed by atoms with Crippen molar-refractivity contribution in [2.45, 2.75) is 5.16 Å². The van der Waals surface area contributed by atoms with Crippen LogP contribution in [0.4, 0.5) is 5.82 Å². The van der Waals surface area contributed by atoms with Gasteiger partial charge in [-0.2, -0.15) is 0 Å². The van der Waals surface area contributed by atoms with E-state index in [0.717, 1.165) is 0 Å². The number of benzene rings is 1. The van der Waals surface area contributed by atoms with Gasteiger partial charge in [-0.3, -0.25) is 4.79 Å². The third-order valence-electron chi connectivity index (χ3n) is 2.16. The van der Waals surface area contributed by atoms with Crippen LogP contribution in [0.5, 0.6) is 5.75 Å². The highest BCUT2D eigenvalue weighted by Crippen LogP contribution is 2.23. The highest BCUT2D eigenvalue weighted by Gasteiger charge is 2.02. The Morgan fingerprint density at radius 2 is 2.21 bits per heavy atom. The normalized spacial score (nSPS) is 10.4. The van der Waals surface area contributed by atoms with Crippen LogP contribution in [0.15, 0.2) is 40.3 Å². The Kier molecular flexibility index (Phi) is 4.70. The number of para-hydroxylation sites is 1. The van der Waals surface area contributed by atoms with Crippen LogP contribution in [0.25, 0.3) is 0 Å². The van der Waals surface area contributed by atoms with Crippen molar-refractivity contribution in [1.82, 2.24) is 9.97 Å². The van der Waals surface area contributed by atoms with Crippen LogP contribution in [0.2, 0.25) is 5.02 Å². The number of nitrogen functional groups attached to an aromatic ring is 1. The highest BCUT2D eigenvalue weighted by atomic mass is 35.5. The van der Waals surface area contributed by atoms with Crippen LogP contribution in [-0.4, -0.2) is 22.3 Å². The largest absolute Gasteiger partial charge is 0.491 e. The molecule has 0 aliphatic carbocycles. The van der Waals surface area contributed by atoms with Crippen LogP contribution in [0.3, 0.4) is 0 Å². The quantitative estimate of drug-likeness (QED) is 0.502. The van der Waals surface area contributed by atoms with Crippen molar-refractivity contribution >= 4 is 29.2 Å². The van der Waals surface area contributed by atoms with Crippen LogP contribution < -0.4 is 16.0 Å². The van der Waals surface area contributed by atoms with Crippen LogP contribution >= 0.6 is 23.4 Å². The molecule has 2 rings (SSSR count). The summed E-state index contributed by atoms with van der Waals surface area (Å²) in [4.78, 5) is 17.8. The number of nitrogens with zero attached hydrogens (tertiary/aromatic N) is 1. The number of aromatic nitrogens is 2. The standard InChI is InChI=1S/C12H12ClN3O2S/c13-8-3-1-2-4-9(8)18-5-6-19-12-15-10(14)7-11(17)16-12/h1-4,7H,5-6H2,(H3,14,15,16,17). The Bertz CT molecular complexity index is 618. The second-order valence-electron chi connectivity index (χ2n) is 3.60. The molecular formula is C12H12ClN3O2S. The summed E-state index contributed by atoms with van der Waals surface area (Å²) >= 11 is 7.31. The minimum atomic E-state index is -0.262. The van der Waals surface area contributed by atoms with Gasteiger partial charge in [0, 0.05) is 11.8 Å². The summed E-state index contributed by atoms with van der Waals surface area (Å²) in [6.45, 7) is 0.451. The lowest BCUT2D eigenvalue weighted by molar-refractivity contribution is 0.344. The van der Waals surface area contributed by atoms with E-state index in [0.29, 0.717) is 28.3 Å². The van der Waals surface area contributed by atoms with Gasteiger partial charge in [0.1, 0.15) is 11.6 Å². The Morgan fingerprint density at radius 1 is 1.42 bits per heavy atom. The monoisotopic (exact) mass is 297 g/mol. The molecule has 0 fully saturated rings. The van der Waals surface area contributed by atoms with Gasteiger partial charge in [0.25, 0.3) is 5.56 Å². The summed E-state index contributed by atoms with van der Waals surface area (Å²) in [6.07, 6.45) is 0. The van der Waals surface area contributed by atoms with Gasteiger partial charge in [-0.25, -0.2) is 4.98 Å². The van der Waals surface area contributed by atoms with E-state index < -0.39 is 0 Å². The van der Waals surface area contributed by atoms with Gasteiger partial charge in [-0.05, 0) is 12.1 Å². The number of ether oxygens (including phenoxy) is 1. The first-order chi connectivity index (χ1) is 9.15. The van der Waals surface area contributed by atoms with Crippen molar-refractivity contribution in [2.24, 2.45) is 0 Å². The Balaban J connectivity index is 1.84. The molecule has 0 saturated carbocycles. The van der Waals surface area contributed by atoms with Gasteiger partial charge < -0.3 is 15.5 Å². The summed E-state index contributed by atoms with van der Waals surface area (Å²) in [5.74, 6) is 1.47. The van der Waals surface area contributed by atoms with Crippen LogP contribution in [-0.2, 0) is 0 Å². The van der Waals surface area contributed by atoms with E-state index in [1.807, 2.05) is 12.1 Å². The van der Waals surface area contributed by atoms with E-state index in [4.69, 9.17) is 22.1 Å². The van der Waals surface area contributed by atoms with Crippen molar-refractivity contribution in [3.05, 3.63) is 45.7 Å². The van der Waals surface area contributed by atoms with Crippen molar-refractivity contribution in [2.75, 3.05) is 18.1 Å². The molecule has 0 bridgehead atoms. The molecule has 2 aromatic rings. The molecular weight excluding hydrogens is 286 g/mol. The maximum Gasteiger partial charge on any atom is 0.253 e. The zero-order valence-electron chi connectivity index (χ0n) is 9.93. The predicted octanol–water partition coefficient (Wildman–Crippen LogP) is 2.18. The van der Waals surface area contributed by atoms with Crippen molar-refractivity contribution in [1.29, 1.82) is 0 Å². The lowest BCUT2D eigenvalue weighted by atomic mass is 10.3. The van der Waals surface area contributed by atoms with Crippen LogP contribution in [0, 0.1) is 0 Å². The minimum Gasteiger partial charge on any atom is -0.491 e. The molecule has 0 amide bonds. The fourth-order valence-corrected chi connectivity index (χ4v) is 2.27. The molecule has 1 heterocycles. The Morgan fingerprint density at radius 3 is 2.95 bits per heavy atom. The maximum absolute atomic E-state index is 11.2. The first-order valence-electron chi connectivity index (χ1n) is 5.52. The second-order valence-corrected chi connectivity index (χ2v) is 5.09. The SMILES string of the molecule is Nc1cc(=O)[nH]c(SCCOc2ccccc2Cl)n1. The van der Waals surface area contributed by atoms with Crippen molar-refractivity contribution in [3.8, 4) is 5.75 Å². The average Bonchev–Trinajstić information content (AvgIpc) is 2.35. The molecule has 3 N–H and O–H groups in total. The maximum atomic E-state index is 11.2. The molecule has 100 valence electrons. The minimum absolute atomic E-state index is 0.207. The summed E-state index contributed by atoms with van der Waals surface area (Å²) in [7, 11) is 0. The first-order valence-corrected chi connectivity index (χ1v) is 6.88.